The molecular weight excluding hydrogens is 488 g/mol. The van der Waals surface area contributed by atoms with Gasteiger partial charge >= 0.3 is 0 Å². The first-order valence-electron chi connectivity index (χ1n) is 10.8. The van der Waals surface area contributed by atoms with Crippen molar-refractivity contribution >= 4 is 29.3 Å². The van der Waals surface area contributed by atoms with Crippen molar-refractivity contribution < 1.29 is 14.3 Å². The monoisotopic (exact) mass is 508 g/mol. The van der Waals surface area contributed by atoms with E-state index in [0.29, 0.717) is 39.7 Å². The molecule has 178 valence electrons. The molecule has 0 radical (unpaired) electrons. The zero-order valence-corrected chi connectivity index (χ0v) is 20.6. The molecule has 3 heterocycles. The van der Waals surface area contributed by atoms with Gasteiger partial charge in [0.05, 0.1) is 11.4 Å². The second kappa shape index (κ2) is 9.93. The van der Waals surface area contributed by atoms with Gasteiger partial charge in [0, 0.05) is 28.7 Å². The van der Waals surface area contributed by atoms with Gasteiger partial charge in [-0.25, -0.2) is 14.6 Å². The Hall–Kier alpha value is -3.63. The number of amides is 1. The fourth-order valence-corrected chi connectivity index (χ4v) is 4.67. The molecule has 5 rings (SSSR count). The molecule has 1 aliphatic rings. The first-order valence-corrected chi connectivity index (χ1v) is 12.1. The predicted molar refractivity (Wildman–Crippen MR) is 131 cm³/mol. The highest BCUT2D eigenvalue weighted by molar-refractivity contribution is 7.98. The minimum atomic E-state index is -0.333. The van der Waals surface area contributed by atoms with E-state index in [1.54, 1.807) is 16.8 Å². The third-order valence-electron chi connectivity index (χ3n) is 5.24. The van der Waals surface area contributed by atoms with Crippen molar-refractivity contribution in [3.63, 3.8) is 0 Å². The van der Waals surface area contributed by atoms with E-state index in [1.165, 1.54) is 11.8 Å². The van der Waals surface area contributed by atoms with Crippen LogP contribution in [0.3, 0.4) is 0 Å². The second-order valence-electron chi connectivity index (χ2n) is 7.87. The lowest BCUT2D eigenvalue weighted by molar-refractivity contribution is 0.0945. The molecule has 0 bridgehead atoms. The van der Waals surface area contributed by atoms with Crippen molar-refractivity contribution in [3.05, 3.63) is 81.9 Å². The highest BCUT2D eigenvalue weighted by atomic mass is 35.5. The van der Waals surface area contributed by atoms with Gasteiger partial charge in [0.2, 0.25) is 6.79 Å². The lowest BCUT2D eigenvalue weighted by atomic mass is 10.2. The van der Waals surface area contributed by atoms with E-state index < -0.39 is 0 Å². The van der Waals surface area contributed by atoms with Crippen LogP contribution in [0.1, 0.15) is 33.1 Å². The quantitative estimate of drug-likeness (QED) is 0.291. The molecule has 0 saturated heterocycles. The number of nitrogens with one attached hydrogen (secondary N) is 1. The number of halogens is 1. The summed E-state index contributed by atoms with van der Waals surface area (Å²) in [7, 11) is 0. The summed E-state index contributed by atoms with van der Waals surface area (Å²) in [5.74, 6) is 1.42. The standard InChI is InChI=1S/C24H21ClN6O3S/c1-14-9-15(2)28-24(27-14)35-12-19-22(29-30-31(19)18-6-4-17(25)5-7-18)23(32)26-11-16-3-8-20-21(10-16)34-13-33-20/h3-10H,11-13H2,1-2H3,(H,26,32). The number of carbonyl (C=O) groups excluding carboxylic acids is 1. The second-order valence-corrected chi connectivity index (χ2v) is 9.24. The number of thioether (sulfide) groups is 1. The number of aromatic nitrogens is 5. The van der Waals surface area contributed by atoms with E-state index in [2.05, 4.69) is 25.6 Å². The number of hydrogen-bond donors (Lipinski definition) is 1. The summed E-state index contributed by atoms with van der Waals surface area (Å²) in [6.07, 6.45) is 0. The van der Waals surface area contributed by atoms with E-state index in [9.17, 15) is 4.79 Å². The van der Waals surface area contributed by atoms with Crippen molar-refractivity contribution in [2.45, 2.75) is 31.3 Å². The number of carbonyl (C=O) groups is 1. The molecule has 0 saturated carbocycles. The van der Waals surface area contributed by atoms with E-state index in [-0.39, 0.29) is 18.4 Å². The Balaban J connectivity index is 1.39. The number of rotatable bonds is 7. The van der Waals surface area contributed by atoms with Crippen LogP contribution in [0.4, 0.5) is 0 Å². The van der Waals surface area contributed by atoms with Gasteiger partial charge in [-0.3, -0.25) is 4.79 Å². The number of hydrogen-bond acceptors (Lipinski definition) is 8. The molecule has 1 amide bonds. The van der Waals surface area contributed by atoms with Crippen LogP contribution in [-0.2, 0) is 12.3 Å². The molecule has 0 unspecified atom stereocenters. The Morgan fingerprint density at radius 3 is 2.57 bits per heavy atom. The van der Waals surface area contributed by atoms with Crippen LogP contribution in [0, 0.1) is 13.8 Å². The minimum Gasteiger partial charge on any atom is -0.454 e. The average molecular weight is 509 g/mol. The molecular formula is C24H21ClN6O3S. The largest absolute Gasteiger partial charge is 0.454 e. The van der Waals surface area contributed by atoms with Crippen LogP contribution >= 0.6 is 23.4 Å². The fourth-order valence-electron chi connectivity index (χ4n) is 3.61. The van der Waals surface area contributed by atoms with E-state index in [4.69, 9.17) is 21.1 Å². The molecule has 4 aromatic rings. The molecule has 2 aromatic carbocycles. The molecule has 0 spiro atoms. The van der Waals surface area contributed by atoms with Gasteiger partial charge in [-0.05, 0) is 61.9 Å². The maximum Gasteiger partial charge on any atom is 0.274 e. The number of aryl methyl sites for hydroxylation is 2. The van der Waals surface area contributed by atoms with Crippen molar-refractivity contribution in [3.8, 4) is 17.2 Å². The molecule has 0 aliphatic carbocycles. The molecule has 1 aliphatic heterocycles. The van der Waals surface area contributed by atoms with Crippen molar-refractivity contribution in [2.24, 2.45) is 0 Å². The Labute approximate surface area is 210 Å². The molecule has 9 nitrogen and oxygen atoms in total. The first-order chi connectivity index (χ1) is 17.0. The maximum absolute atomic E-state index is 13.1. The summed E-state index contributed by atoms with van der Waals surface area (Å²) in [5.41, 5.74) is 4.25. The van der Waals surface area contributed by atoms with E-state index in [0.717, 1.165) is 22.6 Å². The van der Waals surface area contributed by atoms with E-state index in [1.807, 2.05) is 50.2 Å². The summed E-state index contributed by atoms with van der Waals surface area (Å²) in [6.45, 7) is 4.35. The Kier molecular flexibility index (Phi) is 6.56. The van der Waals surface area contributed by atoms with Crippen LogP contribution in [0.2, 0.25) is 5.02 Å². The van der Waals surface area contributed by atoms with Gasteiger partial charge < -0.3 is 14.8 Å². The van der Waals surface area contributed by atoms with Crippen LogP contribution in [0.15, 0.2) is 53.7 Å². The lowest BCUT2D eigenvalue weighted by Gasteiger charge is -2.09. The summed E-state index contributed by atoms with van der Waals surface area (Å²) in [5, 5.41) is 12.6. The molecule has 0 atom stereocenters. The van der Waals surface area contributed by atoms with Gasteiger partial charge in [-0.2, -0.15) is 0 Å². The Morgan fingerprint density at radius 1 is 1.06 bits per heavy atom. The SMILES string of the molecule is Cc1cc(C)nc(SCc2c(C(=O)NCc3ccc4c(c3)OCO4)nnn2-c2ccc(Cl)cc2)n1. The van der Waals surface area contributed by atoms with Gasteiger partial charge in [0.15, 0.2) is 22.3 Å². The van der Waals surface area contributed by atoms with Gasteiger partial charge in [-0.15, -0.1) is 5.10 Å². The lowest BCUT2D eigenvalue weighted by Crippen LogP contribution is -2.24. The summed E-state index contributed by atoms with van der Waals surface area (Å²) >= 11 is 7.47. The zero-order chi connectivity index (χ0) is 24.4. The van der Waals surface area contributed by atoms with Crippen molar-refractivity contribution in [1.29, 1.82) is 0 Å². The highest BCUT2D eigenvalue weighted by Gasteiger charge is 2.22. The molecule has 35 heavy (non-hydrogen) atoms. The predicted octanol–water partition coefficient (Wildman–Crippen LogP) is 4.28. The number of ether oxygens (including phenoxy) is 2. The summed E-state index contributed by atoms with van der Waals surface area (Å²) in [4.78, 5) is 22.1. The smallest absolute Gasteiger partial charge is 0.274 e. The molecule has 11 heteroatoms. The summed E-state index contributed by atoms with van der Waals surface area (Å²) < 4.78 is 12.4. The number of nitrogens with zero attached hydrogens (tertiary/aromatic N) is 5. The third-order valence-corrected chi connectivity index (χ3v) is 6.35. The minimum absolute atomic E-state index is 0.199. The molecule has 1 N–H and O–H groups in total. The van der Waals surface area contributed by atoms with Crippen molar-refractivity contribution in [2.75, 3.05) is 6.79 Å². The molecule has 0 fully saturated rings. The normalized spacial score (nSPS) is 12.1. The van der Waals surface area contributed by atoms with Crippen LogP contribution in [0.25, 0.3) is 5.69 Å². The van der Waals surface area contributed by atoms with Crippen LogP contribution in [0.5, 0.6) is 11.5 Å². The van der Waals surface area contributed by atoms with Gasteiger partial charge in [-0.1, -0.05) is 34.6 Å². The third kappa shape index (κ3) is 5.23. The van der Waals surface area contributed by atoms with Crippen LogP contribution in [-0.4, -0.2) is 37.7 Å². The van der Waals surface area contributed by atoms with Crippen LogP contribution < -0.4 is 14.8 Å². The Morgan fingerprint density at radius 2 is 1.80 bits per heavy atom. The zero-order valence-electron chi connectivity index (χ0n) is 19.0. The average Bonchev–Trinajstić information content (AvgIpc) is 3.48. The number of fused-ring (bicyclic) bond motifs is 1. The van der Waals surface area contributed by atoms with E-state index >= 15 is 0 Å². The molecule has 2 aromatic heterocycles. The fraction of sp³-hybridized carbons (Fsp3) is 0.208. The first kappa shape index (κ1) is 23.1. The van der Waals surface area contributed by atoms with Gasteiger partial charge in [0.25, 0.3) is 5.91 Å². The topological polar surface area (TPSA) is 104 Å². The van der Waals surface area contributed by atoms with Gasteiger partial charge in [0.1, 0.15) is 0 Å². The Bertz CT molecular complexity index is 1370. The maximum atomic E-state index is 13.1. The number of benzene rings is 2. The van der Waals surface area contributed by atoms with Crippen molar-refractivity contribution in [1.82, 2.24) is 30.3 Å². The highest BCUT2D eigenvalue weighted by Crippen LogP contribution is 2.32. The summed E-state index contributed by atoms with van der Waals surface area (Å²) in [6, 6.07) is 14.7.